The lowest BCUT2D eigenvalue weighted by Gasteiger charge is -2.10. The first-order chi connectivity index (χ1) is 6.02. The Morgan fingerprint density at radius 1 is 1.23 bits per heavy atom. The van der Waals surface area contributed by atoms with E-state index >= 15 is 0 Å². The molecule has 0 aromatic heterocycles. The van der Waals surface area contributed by atoms with E-state index in [0.29, 0.717) is 6.54 Å². The van der Waals surface area contributed by atoms with E-state index in [0.717, 1.165) is 6.54 Å². The van der Waals surface area contributed by atoms with Gasteiger partial charge in [-0.2, -0.15) is 0 Å². The minimum absolute atomic E-state index is 0.0530. The fraction of sp³-hybridized carbons (Fsp3) is 0.750. The Morgan fingerprint density at radius 2 is 1.85 bits per heavy atom. The fourth-order valence-corrected chi connectivity index (χ4v) is 0.660. The predicted molar refractivity (Wildman–Crippen MR) is 50.6 cm³/mol. The number of ketones is 1. The van der Waals surface area contributed by atoms with E-state index in [1.165, 1.54) is 6.92 Å². The first-order valence-corrected chi connectivity index (χ1v) is 4.18. The average Bonchev–Trinajstić information content (AvgIpc) is 2.00. The molecule has 0 bridgehead atoms. The Labute approximate surface area is 78.5 Å². The van der Waals surface area contributed by atoms with Crippen LogP contribution in [-0.2, 0) is 4.79 Å². The van der Waals surface area contributed by atoms with Crippen LogP contribution in [-0.4, -0.2) is 50.4 Å². The zero-order valence-corrected chi connectivity index (χ0v) is 8.39. The van der Waals surface area contributed by atoms with Crippen molar-refractivity contribution >= 4 is 11.8 Å². The molecule has 0 spiro atoms. The number of amides is 2. The van der Waals surface area contributed by atoms with Gasteiger partial charge in [0.15, 0.2) is 0 Å². The van der Waals surface area contributed by atoms with Gasteiger partial charge in [0, 0.05) is 13.1 Å². The number of hydrogen-bond acceptors (Lipinski definition) is 3. The van der Waals surface area contributed by atoms with Gasteiger partial charge in [0.1, 0.15) is 5.78 Å². The summed E-state index contributed by atoms with van der Waals surface area (Å²) in [5.74, 6) is -0.0530. The molecular weight excluding hydrogens is 170 g/mol. The Bertz CT molecular complexity index is 180. The molecular formula is C8H17N3O2. The van der Waals surface area contributed by atoms with Gasteiger partial charge in [-0.3, -0.25) is 4.79 Å². The summed E-state index contributed by atoms with van der Waals surface area (Å²) in [4.78, 5) is 23.4. The highest BCUT2D eigenvalue weighted by molar-refractivity contribution is 5.83. The summed E-state index contributed by atoms with van der Waals surface area (Å²) >= 11 is 0. The first-order valence-electron chi connectivity index (χ1n) is 4.18. The van der Waals surface area contributed by atoms with Crippen molar-refractivity contribution < 1.29 is 9.59 Å². The molecule has 5 nitrogen and oxygen atoms in total. The number of carbonyl (C=O) groups excluding carboxylic acids is 2. The smallest absolute Gasteiger partial charge is 0.315 e. The van der Waals surface area contributed by atoms with E-state index in [1.54, 1.807) is 0 Å². The first kappa shape index (κ1) is 11.9. The number of hydrogen-bond donors (Lipinski definition) is 2. The summed E-state index contributed by atoms with van der Waals surface area (Å²) in [5, 5.41) is 5.06. The van der Waals surface area contributed by atoms with Crippen molar-refractivity contribution in [3.8, 4) is 0 Å². The maximum atomic E-state index is 10.9. The molecule has 0 aliphatic rings. The number of nitrogens with one attached hydrogen (secondary N) is 2. The molecule has 13 heavy (non-hydrogen) atoms. The molecule has 0 saturated carbocycles. The van der Waals surface area contributed by atoms with Crippen molar-refractivity contribution in [3.05, 3.63) is 0 Å². The van der Waals surface area contributed by atoms with Gasteiger partial charge in [0.2, 0.25) is 0 Å². The lowest BCUT2D eigenvalue weighted by atomic mass is 10.4. The highest BCUT2D eigenvalue weighted by Crippen LogP contribution is 1.72. The molecule has 0 radical (unpaired) electrons. The maximum Gasteiger partial charge on any atom is 0.315 e. The summed E-state index contributed by atoms with van der Waals surface area (Å²) in [5.41, 5.74) is 0. The van der Waals surface area contributed by atoms with Crippen molar-refractivity contribution in [2.45, 2.75) is 6.92 Å². The van der Waals surface area contributed by atoms with Gasteiger partial charge in [-0.1, -0.05) is 0 Å². The van der Waals surface area contributed by atoms with Gasteiger partial charge in [-0.05, 0) is 21.0 Å². The second-order valence-corrected chi connectivity index (χ2v) is 3.11. The maximum absolute atomic E-state index is 10.9. The van der Waals surface area contributed by atoms with Crippen LogP contribution in [0.5, 0.6) is 0 Å². The molecule has 0 aliphatic carbocycles. The average molecular weight is 187 g/mol. The number of nitrogens with zero attached hydrogens (tertiary/aromatic N) is 1. The van der Waals surface area contributed by atoms with Crippen molar-refractivity contribution in [2.75, 3.05) is 33.7 Å². The monoisotopic (exact) mass is 187 g/mol. The lowest BCUT2D eigenvalue weighted by molar-refractivity contribution is -0.116. The number of urea groups is 1. The van der Waals surface area contributed by atoms with Crippen molar-refractivity contribution in [1.29, 1.82) is 0 Å². The molecule has 0 saturated heterocycles. The van der Waals surface area contributed by atoms with Crippen LogP contribution < -0.4 is 10.6 Å². The van der Waals surface area contributed by atoms with E-state index in [4.69, 9.17) is 0 Å². The minimum atomic E-state index is -0.294. The third-order valence-corrected chi connectivity index (χ3v) is 1.34. The van der Waals surface area contributed by atoms with E-state index in [-0.39, 0.29) is 18.4 Å². The number of likely N-dealkylation sites (N-methyl/N-ethyl adjacent to an activating group) is 1. The van der Waals surface area contributed by atoms with Crippen LogP contribution in [0, 0.1) is 0 Å². The molecule has 0 aromatic rings. The Kier molecular flexibility index (Phi) is 5.88. The van der Waals surface area contributed by atoms with Crippen molar-refractivity contribution in [3.63, 3.8) is 0 Å². The molecule has 0 fully saturated rings. The summed E-state index contributed by atoms with van der Waals surface area (Å²) in [6.45, 7) is 2.89. The molecule has 0 unspecified atom stereocenters. The van der Waals surface area contributed by atoms with Crippen LogP contribution in [0.2, 0.25) is 0 Å². The molecule has 5 heteroatoms. The standard InChI is InChI=1S/C8H17N3O2/c1-7(12)6-10-8(13)9-4-5-11(2)3/h4-6H2,1-3H3,(H2,9,10,13). The van der Waals surface area contributed by atoms with Crippen LogP contribution >= 0.6 is 0 Å². The van der Waals surface area contributed by atoms with Gasteiger partial charge >= 0.3 is 6.03 Å². The minimum Gasteiger partial charge on any atom is -0.337 e. The summed E-state index contributed by atoms with van der Waals surface area (Å²) < 4.78 is 0. The van der Waals surface area contributed by atoms with Gasteiger partial charge in [0.05, 0.1) is 6.54 Å². The van der Waals surface area contributed by atoms with E-state index in [9.17, 15) is 9.59 Å². The van der Waals surface area contributed by atoms with Gasteiger partial charge in [-0.15, -0.1) is 0 Å². The summed E-state index contributed by atoms with van der Waals surface area (Å²) in [6, 6.07) is -0.294. The Morgan fingerprint density at radius 3 is 2.31 bits per heavy atom. The highest BCUT2D eigenvalue weighted by atomic mass is 16.2. The molecule has 2 N–H and O–H groups in total. The van der Waals surface area contributed by atoms with Gasteiger partial charge in [0.25, 0.3) is 0 Å². The van der Waals surface area contributed by atoms with Crippen molar-refractivity contribution in [1.82, 2.24) is 15.5 Å². The molecule has 0 rings (SSSR count). The zero-order valence-electron chi connectivity index (χ0n) is 8.39. The number of rotatable bonds is 5. The number of Topliss-reactive ketones (excluding diaryl/α,β-unsaturated/α-hetero) is 1. The second-order valence-electron chi connectivity index (χ2n) is 3.11. The third-order valence-electron chi connectivity index (χ3n) is 1.34. The summed E-state index contributed by atoms with van der Waals surface area (Å²) in [7, 11) is 3.85. The molecule has 76 valence electrons. The molecule has 0 aliphatic heterocycles. The van der Waals surface area contributed by atoms with Gasteiger partial charge in [-0.25, -0.2) is 4.79 Å². The third kappa shape index (κ3) is 8.81. The summed E-state index contributed by atoms with van der Waals surface area (Å²) in [6.07, 6.45) is 0. The van der Waals surface area contributed by atoms with Gasteiger partial charge < -0.3 is 15.5 Å². The number of carbonyl (C=O) groups is 2. The molecule has 0 atom stereocenters. The quantitative estimate of drug-likeness (QED) is 0.606. The molecule has 0 aromatic carbocycles. The predicted octanol–water partition coefficient (Wildman–Crippen LogP) is -0.564. The normalized spacial score (nSPS) is 9.85. The largest absolute Gasteiger partial charge is 0.337 e. The van der Waals surface area contributed by atoms with Crippen LogP contribution in [0.3, 0.4) is 0 Å². The van der Waals surface area contributed by atoms with Crippen LogP contribution in [0.15, 0.2) is 0 Å². The van der Waals surface area contributed by atoms with E-state index < -0.39 is 0 Å². The van der Waals surface area contributed by atoms with E-state index in [2.05, 4.69) is 10.6 Å². The molecule has 0 heterocycles. The Hall–Kier alpha value is -1.10. The van der Waals surface area contributed by atoms with Crippen LogP contribution in [0.1, 0.15) is 6.92 Å². The van der Waals surface area contributed by atoms with E-state index in [1.807, 2.05) is 19.0 Å². The van der Waals surface area contributed by atoms with Crippen LogP contribution in [0.4, 0.5) is 4.79 Å². The highest BCUT2D eigenvalue weighted by Gasteiger charge is 1.99. The second kappa shape index (κ2) is 6.42. The lowest BCUT2D eigenvalue weighted by Crippen LogP contribution is -2.40. The van der Waals surface area contributed by atoms with Crippen LogP contribution in [0.25, 0.3) is 0 Å². The SMILES string of the molecule is CC(=O)CNC(=O)NCCN(C)C. The Balaban J connectivity index is 3.36. The van der Waals surface area contributed by atoms with Crippen molar-refractivity contribution in [2.24, 2.45) is 0 Å². The fourth-order valence-electron chi connectivity index (χ4n) is 0.660. The zero-order chi connectivity index (χ0) is 10.3. The molecule has 2 amide bonds. The topological polar surface area (TPSA) is 61.4 Å².